The van der Waals surface area contributed by atoms with Crippen LogP contribution >= 0.6 is 0 Å². The summed E-state index contributed by atoms with van der Waals surface area (Å²) in [6.45, 7) is 1.95. The van der Waals surface area contributed by atoms with E-state index in [1.807, 2.05) is 31.2 Å². The Kier molecular flexibility index (Phi) is 3.64. The third-order valence-corrected chi connectivity index (χ3v) is 2.71. The predicted octanol–water partition coefficient (Wildman–Crippen LogP) is 1.36. The summed E-state index contributed by atoms with van der Waals surface area (Å²) in [5.74, 6) is 0.625. The highest BCUT2D eigenvalue weighted by atomic mass is 16.5. The van der Waals surface area contributed by atoms with Crippen LogP contribution in [0.1, 0.15) is 31.4 Å². The molecule has 2 rings (SSSR count). The van der Waals surface area contributed by atoms with Crippen LogP contribution in [0, 0.1) is 0 Å². The van der Waals surface area contributed by atoms with Gasteiger partial charge in [-0.15, -0.1) is 0 Å². The Bertz CT molecular complexity index is 400. The summed E-state index contributed by atoms with van der Waals surface area (Å²) in [6.07, 6.45) is 2.17. The molecule has 1 saturated carbocycles. The van der Waals surface area contributed by atoms with Gasteiger partial charge in [-0.25, -0.2) is 0 Å². The molecule has 0 unspecified atom stereocenters. The molecule has 4 nitrogen and oxygen atoms in total. The van der Waals surface area contributed by atoms with Gasteiger partial charge in [-0.3, -0.25) is 4.79 Å². The predicted molar refractivity (Wildman–Crippen MR) is 65.7 cm³/mol. The molecule has 17 heavy (non-hydrogen) atoms. The van der Waals surface area contributed by atoms with E-state index in [4.69, 9.17) is 10.5 Å². The average molecular weight is 234 g/mol. The minimum absolute atomic E-state index is 0.0558. The van der Waals surface area contributed by atoms with Gasteiger partial charge in [0.05, 0.1) is 0 Å². The number of carbonyl (C=O) groups excluding carboxylic acids is 1. The molecule has 0 radical (unpaired) electrons. The van der Waals surface area contributed by atoms with Crippen LogP contribution in [0.25, 0.3) is 0 Å². The number of ether oxygens (including phenoxy) is 1. The van der Waals surface area contributed by atoms with Gasteiger partial charge in [0.15, 0.2) is 6.61 Å². The van der Waals surface area contributed by atoms with Gasteiger partial charge in [-0.1, -0.05) is 18.2 Å². The number of carbonyl (C=O) groups is 1. The maximum Gasteiger partial charge on any atom is 0.258 e. The lowest BCUT2D eigenvalue weighted by Crippen LogP contribution is -2.30. The van der Waals surface area contributed by atoms with Gasteiger partial charge in [-0.05, 0) is 25.8 Å². The van der Waals surface area contributed by atoms with Crippen LogP contribution in [0.5, 0.6) is 5.75 Å². The fourth-order valence-electron chi connectivity index (χ4n) is 1.63. The Morgan fingerprint density at radius 2 is 2.24 bits per heavy atom. The molecule has 3 N–H and O–H groups in total. The zero-order valence-electron chi connectivity index (χ0n) is 9.98. The number of hydrogen-bond acceptors (Lipinski definition) is 3. The first-order chi connectivity index (χ1) is 8.16. The van der Waals surface area contributed by atoms with Gasteiger partial charge in [0, 0.05) is 17.6 Å². The minimum Gasteiger partial charge on any atom is -0.483 e. The molecule has 0 aromatic heterocycles. The van der Waals surface area contributed by atoms with Gasteiger partial charge >= 0.3 is 0 Å². The first kappa shape index (κ1) is 11.9. The second-order valence-electron chi connectivity index (χ2n) is 4.46. The monoisotopic (exact) mass is 234 g/mol. The van der Waals surface area contributed by atoms with Crippen LogP contribution in [0.2, 0.25) is 0 Å². The van der Waals surface area contributed by atoms with Crippen LogP contribution in [-0.2, 0) is 4.79 Å². The van der Waals surface area contributed by atoms with Crippen molar-refractivity contribution in [1.29, 1.82) is 0 Å². The lowest BCUT2D eigenvalue weighted by molar-refractivity contribution is -0.123. The standard InChI is InChI=1S/C13H18N2O2/c1-9(14)11-4-2-3-5-12(11)17-8-13(16)15-10-6-7-10/h2-5,9-10H,6-8,14H2,1H3,(H,15,16)/t9-/m0/s1. The molecule has 0 bridgehead atoms. The van der Waals surface area contributed by atoms with Crippen molar-refractivity contribution < 1.29 is 9.53 Å². The molecule has 1 fully saturated rings. The molecule has 1 aromatic rings. The molecule has 0 spiro atoms. The summed E-state index contributed by atoms with van der Waals surface area (Å²) in [6, 6.07) is 7.81. The van der Waals surface area contributed by atoms with E-state index in [0.29, 0.717) is 11.8 Å². The van der Waals surface area contributed by atoms with Crippen molar-refractivity contribution in [2.75, 3.05) is 6.61 Å². The Hall–Kier alpha value is -1.55. The average Bonchev–Trinajstić information content (AvgIpc) is 3.10. The number of nitrogens with two attached hydrogens (primary N) is 1. The van der Waals surface area contributed by atoms with E-state index in [0.717, 1.165) is 18.4 Å². The maximum atomic E-state index is 11.5. The lowest BCUT2D eigenvalue weighted by atomic mass is 10.1. The number of amides is 1. The topological polar surface area (TPSA) is 64.3 Å². The number of para-hydroxylation sites is 1. The molecule has 0 aliphatic heterocycles. The number of hydrogen-bond donors (Lipinski definition) is 2. The SMILES string of the molecule is C[C@H](N)c1ccccc1OCC(=O)NC1CC1. The van der Waals surface area contributed by atoms with Gasteiger partial charge in [-0.2, -0.15) is 0 Å². The summed E-state index contributed by atoms with van der Waals surface area (Å²) >= 11 is 0. The number of benzene rings is 1. The van der Waals surface area contributed by atoms with Crippen molar-refractivity contribution in [2.24, 2.45) is 5.73 Å². The molecular formula is C13H18N2O2. The van der Waals surface area contributed by atoms with Crippen LogP contribution in [-0.4, -0.2) is 18.6 Å². The smallest absolute Gasteiger partial charge is 0.258 e. The Morgan fingerprint density at radius 1 is 1.53 bits per heavy atom. The van der Waals surface area contributed by atoms with E-state index in [2.05, 4.69) is 5.32 Å². The van der Waals surface area contributed by atoms with E-state index < -0.39 is 0 Å². The van der Waals surface area contributed by atoms with Crippen LogP contribution in [0.15, 0.2) is 24.3 Å². The fourth-order valence-corrected chi connectivity index (χ4v) is 1.63. The molecule has 1 aliphatic carbocycles. The summed E-state index contributed by atoms with van der Waals surface area (Å²) in [7, 11) is 0. The number of nitrogens with one attached hydrogen (secondary N) is 1. The number of rotatable bonds is 5. The summed E-state index contributed by atoms with van der Waals surface area (Å²) in [5.41, 5.74) is 6.75. The van der Waals surface area contributed by atoms with Crippen LogP contribution in [0.3, 0.4) is 0 Å². The molecule has 1 amide bonds. The third-order valence-electron chi connectivity index (χ3n) is 2.71. The molecule has 4 heteroatoms. The molecular weight excluding hydrogens is 216 g/mol. The van der Waals surface area contributed by atoms with E-state index >= 15 is 0 Å². The van der Waals surface area contributed by atoms with E-state index in [-0.39, 0.29) is 18.6 Å². The highest BCUT2D eigenvalue weighted by Gasteiger charge is 2.23. The molecule has 0 heterocycles. The highest BCUT2D eigenvalue weighted by Crippen LogP contribution is 2.23. The van der Waals surface area contributed by atoms with Crippen LogP contribution < -0.4 is 15.8 Å². The zero-order valence-corrected chi connectivity index (χ0v) is 9.98. The normalized spacial score (nSPS) is 16.4. The third kappa shape index (κ3) is 3.46. The molecule has 1 atom stereocenters. The Morgan fingerprint density at radius 3 is 2.88 bits per heavy atom. The van der Waals surface area contributed by atoms with Crippen molar-refractivity contribution in [3.63, 3.8) is 0 Å². The second-order valence-corrected chi connectivity index (χ2v) is 4.46. The zero-order chi connectivity index (χ0) is 12.3. The van der Waals surface area contributed by atoms with Crippen molar-refractivity contribution in [2.45, 2.75) is 31.8 Å². The van der Waals surface area contributed by atoms with Gasteiger partial charge in [0.25, 0.3) is 5.91 Å². The maximum absolute atomic E-state index is 11.5. The Balaban J connectivity index is 1.90. The van der Waals surface area contributed by atoms with Gasteiger partial charge in [0.1, 0.15) is 5.75 Å². The molecule has 1 aliphatic rings. The van der Waals surface area contributed by atoms with Crippen LogP contribution in [0.4, 0.5) is 0 Å². The van der Waals surface area contributed by atoms with E-state index in [1.54, 1.807) is 0 Å². The second kappa shape index (κ2) is 5.19. The molecule has 0 saturated heterocycles. The molecule has 92 valence electrons. The van der Waals surface area contributed by atoms with Crippen molar-refractivity contribution in [3.05, 3.63) is 29.8 Å². The molecule has 1 aromatic carbocycles. The quantitative estimate of drug-likeness (QED) is 0.808. The van der Waals surface area contributed by atoms with Crippen molar-refractivity contribution in [1.82, 2.24) is 5.32 Å². The highest BCUT2D eigenvalue weighted by molar-refractivity contribution is 5.78. The van der Waals surface area contributed by atoms with Gasteiger partial charge < -0.3 is 15.8 Å². The first-order valence-corrected chi connectivity index (χ1v) is 5.93. The summed E-state index contributed by atoms with van der Waals surface area (Å²) in [4.78, 5) is 11.5. The van der Waals surface area contributed by atoms with E-state index in [9.17, 15) is 4.79 Å². The van der Waals surface area contributed by atoms with Gasteiger partial charge in [0.2, 0.25) is 0 Å². The van der Waals surface area contributed by atoms with Crippen molar-refractivity contribution >= 4 is 5.91 Å². The fraction of sp³-hybridized carbons (Fsp3) is 0.462. The first-order valence-electron chi connectivity index (χ1n) is 5.93. The minimum atomic E-state index is -0.0994. The lowest BCUT2D eigenvalue weighted by Gasteiger charge is -2.13. The van der Waals surface area contributed by atoms with E-state index in [1.165, 1.54) is 0 Å². The largest absolute Gasteiger partial charge is 0.483 e. The summed E-state index contributed by atoms with van der Waals surface area (Å²) in [5, 5.41) is 2.88. The summed E-state index contributed by atoms with van der Waals surface area (Å²) < 4.78 is 5.50. The van der Waals surface area contributed by atoms with Crippen molar-refractivity contribution in [3.8, 4) is 5.75 Å². The Labute approximate surface area is 101 Å².